The Bertz CT molecular complexity index is 490. The van der Waals surface area contributed by atoms with E-state index in [1.165, 1.54) is 50.8 Å². The van der Waals surface area contributed by atoms with Crippen molar-refractivity contribution in [3.8, 4) is 0 Å². The monoisotopic (exact) mass is 274 g/mol. The molecule has 0 radical (unpaired) electrons. The average molecular weight is 274 g/mol. The van der Waals surface area contributed by atoms with Crippen LogP contribution in [0.4, 0.5) is 10.1 Å². The van der Waals surface area contributed by atoms with Crippen molar-refractivity contribution in [1.82, 2.24) is 5.32 Å². The van der Waals surface area contributed by atoms with E-state index < -0.39 is 0 Å². The van der Waals surface area contributed by atoms with Crippen molar-refractivity contribution >= 4 is 5.69 Å². The number of rotatable bonds is 7. The van der Waals surface area contributed by atoms with Gasteiger partial charge in [-0.15, -0.1) is 0 Å². The van der Waals surface area contributed by atoms with Crippen LogP contribution in [0.25, 0.3) is 0 Å². The number of nitrogens with one attached hydrogen (secondary N) is 1. The van der Waals surface area contributed by atoms with Crippen LogP contribution in [0.2, 0.25) is 0 Å². The van der Waals surface area contributed by atoms with Gasteiger partial charge in [-0.3, -0.25) is 0 Å². The van der Waals surface area contributed by atoms with Crippen LogP contribution < -0.4 is 10.2 Å². The lowest BCUT2D eigenvalue weighted by Crippen LogP contribution is -2.30. The zero-order valence-corrected chi connectivity index (χ0v) is 11.9. The largest absolute Gasteiger partial charge is 0.368 e. The standard InChI is InChI=1S/C17H23FN2/c18-14-3-8-17(13(9-14)10-19-15-4-5-15)20(16-6-7-16)11-12-1-2-12/h3,8-9,12,15-16,19H,1-2,4-7,10-11H2. The normalized spacial score (nSPS) is 22.1. The van der Waals surface area contributed by atoms with Gasteiger partial charge in [0.2, 0.25) is 0 Å². The van der Waals surface area contributed by atoms with Gasteiger partial charge in [0.15, 0.2) is 0 Å². The fraction of sp³-hybridized carbons (Fsp3) is 0.647. The molecule has 3 saturated carbocycles. The number of halogens is 1. The molecule has 3 heteroatoms. The highest BCUT2D eigenvalue weighted by atomic mass is 19.1. The molecule has 0 amide bonds. The van der Waals surface area contributed by atoms with E-state index >= 15 is 0 Å². The van der Waals surface area contributed by atoms with Gasteiger partial charge in [0, 0.05) is 30.9 Å². The molecule has 108 valence electrons. The van der Waals surface area contributed by atoms with Gasteiger partial charge in [0.25, 0.3) is 0 Å². The van der Waals surface area contributed by atoms with Gasteiger partial charge >= 0.3 is 0 Å². The highest BCUT2D eigenvalue weighted by Crippen LogP contribution is 2.39. The number of hydrogen-bond acceptors (Lipinski definition) is 2. The Labute approximate surface area is 120 Å². The third-order valence-corrected chi connectivity index (χ3v) is 4.65. The lowest BCUT2D eigenvalue weighted by atomic mass is 10.1. The maximum atomic E-state index is 13.6. The predicted octanol–water partition coefficient (Wildman–Crippen LogP) is 3.46. The molecule has 0 aliphatic heterocycles. The Hall–Kier alpha value is -1.09. The number of anilines is 1. The first kappa shape index (κ1) is 12.6. The summed E-state index contributed by atoms with van der Waals surface area (Å²) in [6.45, 7) is 1.98. The van der Waals surface area contributed by atoms with Crippen LogP contribution in [0.1, 0.15) is 44.1 Å². The van der Waals surface area contributed by atoms with Crippen LogP contribution in [-0.2, 0) is 6.54 Å². The minimum Gasteiger partial charge on any atom is -0.368 e. The Morgan fingerprint density at radius 1 is 1.10 bits per heavy atom. The van der Waals surface area contributed by atoms with Crippen molar-refractivity contribution in [2.45, 2.75) is 57.2 Å². The molecule has 0 unspecified atom stereocenters. The third-order valence-electron chi connectivity index (χ3n) is 4.65. The summed E-state index contributed by atoms with van der Waals surface area (Å²) in [5.41, 5.74) is 2.42. The Kier molecular flexibility index (Phi) is 3.18. The summed E-state index contributed by atoms with van der Waals surface area (Å²) in [6, 6.07) is 6.73. The molecule has 2 nitrogen and oxygen atoms in total. The Morgan fingerprint density at radius 2 is 1.90 bits per heavy atom. The molecular formula is C17H23FN2. The van der Waals surface area contributed by atoms with Crippen molar-refractivity contribution in [3.05, 3.63) is 29.6 Å². The van der Waals surface area contributed by atoms with Gasteiger partial charge in [-0.25, -0.2) is 4.39 Å². The minimum atomic E-state index is -0.108. The molecule has 0 saturated heterocycles. The molecule has 1 N–H and O–H groups in total. The summed E-state index contributed by atoms with van der Waals surface area (Å²) in [6.07, 6.45) is 7.91. The van der Waals surface area contributed by atoms with E-state index in [4.69, 9.17) is 0 Å². The first-order valence-electron chi connectivity index (χ1n) is 8.08. The molecule has 0 heterocycles. The fourth-order valence-corrected chi connectivity index (χ4v) is 2.93. The Balaban J connectivity index is 1.56. The molecule has 1 aromatic carbocycles. The van der Waals surface area contributed by atoms with E-state index in [1.807, 2.05) is 6.07 Å². The smallest absolute Gasteiger partial charge is 0.123 e. The second kappa shape index (κ2) is 5.03. The molecule has 1 aromatic rings. The van der Waals surface area contributed by atoms with Gasteiger partial charge in [0.1, 0.15) is 5.82 Å². The van der Waals surface area contributed by atoms with Gasteiger partial charge in [0.05, 0.1) is 0 Å². The molecule has 3 fully saturated rings. The van der Waals surface area contributed by atoms with E-state index in [0.29, 0.717) is 12.1 Å². The summed E-state index contributed by atoms with van der Waals surface area (Å²) in [5, 5.41) is 3.53. The summed E-state index contributed by atoms with van der Waals surface area (Å²) in [7, 11) is 0. The van der Waals surface area contributed by atoms with Crippen LogP contribution >= 0.6 is 0 Å². The summed E-state index contributed by atoms with van der Waals surface area (Å²) < 4.78 is 13.6. The maximum absolute atomic E-state index is 13.6. The third kappa shape index (κ3) is 2.98. The van der Waals surface area contributed by atoms with Gasteiger partial charge in [-0.05, 0) is 68.2 Å². The highest BCUT2D eigenvalue weighted by molar-refractivity contribution is 5.56. The van der Waals surface area contributed by atoms with E-state index in [2.05, 4.69) is 10.2 Å². The summed E-state index contributed by atoms with van der Waals surface area (Å²) >= 11 is 0. The number of benzene rings is 1. The second-order valence-corrected chi connectivity index (χ2v) is 6.76. The average Bonchev–Trinajstić information content (AvgIpc) is 3.24. The Morgan fingerprint density at radius 3 is 2.55 bits per heavy atom. The predicted molar refractivity (Wildman–Crippen MR) is 79.4 cm³/mol. The lowest BCUT2D eigenvalue weighted by Gasteiger charge is -2.27. The molecule has 0 aromatic heterocycles. The van der Waals surface area contributed by atoms with E-state index in [-0.39, 0.29) is 5.82 Å². The molecule has 0 bridgehead atoms. The molecular weight excluding hydrogens is 251 g/mol. The van der Waals surface area contributed by atoms with Crippen LogP contribution in [0.5, 0.6) is 0 Å². The molecule has 0 spiro atoms. The summed E-state index contributed by atoms with van der Waals surface area (Å²) in [4.78, 5) is 2.56. The zero-order valence-electron chi connectivity index (χ0n) is 11.9. The summed E-state index contributed by atoms with van der Waals surface area (Å²) in [5.74, 6) is 0.772. The fourth-order valence-electron chi connectivity index (χ4n) is 2.93. The van der Waals surface area contributed by atoms with E-state index in [1.54, 1.807) is 12.1 Å². The molecule has 20 heavy (non-hydrogen) atoms. The van der Waals surface area contributed by atoms with Gasteiger partial charge < -0.3 is 10.2 Å². The number of nitrogens with zero attached hydrogens (tertiary/aromatic N) is 1. The van der Waals surface area contributed by atoms with Crippen LogP contribution in [-0.4, -0.2) is 18.6 Å². The first-order valence-corrected chi connectivity index (χ1v) is 8.08. The highest BCUT2D eigenvalue weighted by Gasteiger charge is 2.34. The van der Waals surface area contributed by atoms with Crippen molar-refractivity contribution in [2.75, 3.05) is 11.4 Å². The minimum absolute atomic E-state index is 0.108. The van der Waals surface area contributed by atoms with E-state index in [0.717, 1.165) is 18.0 Å². The van der Waals surface area contributed by atoms with Crippen molar-refractivity contribution < 1.29 is 4.39 Å². The number of hydrogen-bond donors (Lipinski definition) is 1. The van der Waals surface area contributed by atoms with Crippen molar-refractivity contribution in [2.24, 2.45) is 5.92 Å². The van der Waals surface area contributed by atoms with Crippen molar-refractivity contribution in [3.63, 3.8) is 0 Å². The van der Waals surface area contributed by atoms with E-state index in [9.17, 15) is 4.39 Å². The van der Waals surface area contributed by atoms with Crippen molar-refractivity contribution in [1.29, 1.82) is 0 Å². The van der Waals surface area contributed by atoms with Crippen LogP contribution in [0.3, 0.4) is 0 Å². The molecule has 0 atom stereocenters. The van der Waals surface area contributed by atoms with Gasteiger partial charge in [-0.1, -0.05) is 0 Å². The molecule has 4 rings (SSSR count). The quantitative estimate of drug-likeness (QED) is 0.819. The van der Waals surface area contributed by atoms with Gasteiger partial charge in [-0.2, -0.15) is 0 Å². The molecule has 3 aliphatic rings. The van der Waals surface area contributed by atoms with Crippen LogP contribution in [0.15, 0.2) is 18.2 Å². The SMILES string of the molecule is Fc1ccc(N(CC2CC2)C2CC2)c(CNC2CC2)c1. The topological polar surface area (TPSA) is 15.3 Å². The van der Waals surface area contributed by atoms with Crippen LogP contribution in [0, 0.1) is 11.7 Å². The second-order valence-electron chi connectivity index (χ2n) is 6.76. The maximum Gasteiger partial charge on any atom is 0.123 e. The lowest BCUT2D eigenvalue weighted by molar-refractivity contribution is 0.616. The molecule has 3 aliphatic carbocycles. The zero-order chi connectivity index (χ0) is 13.5. The first-order chi connectivity index (χ1) is 9.79.